The lowest BCUT2D eigenvalue weighted by Crippen LogP contribution is -2.40. The first-order valence-corrected chi connectivity index (χ1v) is 17.9. The van der Waals surface area contributed by atoms with Crippen LogP contribution in [0.4, 0.5) is 5.82 Å². The molecule has 2 saturated heterocycles. The summed E-state index contributed by atoms with van der Waals surface area (Å²) in [6.45, 7) is -2.43. The van der Waals surface area contributed by atoms with E-state index in [4.69, 9.17) is 22.3 Å². The number of aromatic nitrogens is 4. The second-order valence-electron chi connectivity index (χ2n) is 10.3. The zero-order valence-corrected chi connectivity index (χ0v) is 26.7. The zero-order chi connectivity index (χ0) is 36.1. The Labute approximate surface area is 270 Å². The predicted molar refractivity (Wildman–Crippen MR) is 153 cm³/mol. The monoisotopic (exact) mass is 746 g/mol. The Bertz CT molecular complexity index is 1790. The Hall–Kier alpha value is -2.73. The van der Waals surface area contributed by atoms with Crippen LogP contribution in [0.1, 0.15) is 14.0 Å². The molecule has 0 aliphatic carbocycles. The highest BCUT2D eigenvalue weighted by molar-refractivity contribution is 7.61. The number of rotatable bonds is 13. The van der Waals surface area contributed by atoms with Gasteiger partial charge in [-0.05, 0) is 6.42 Å². The van der Waals surface area contributed by atoms with Crippen LogP contribution in [0.25, 0.3) is 11.2 Å². The summed E-state index contributed by atoms with van der Waals surface area (Å²) in [6.07, 6.45) is -8.78. The Balaban J connectivity index is 1.23. The van der Waals surface area contributed by atoms with E-state index in [1.165, 1.54) is 23.4 Å². The van der Waals surface area contributed by atoms with Gasteiger partial charge in [0.1, 0.15) is 48.4 Å². The van der Waals surface area contributed by atoms with E-state index in [9.17, 15) is 53.4 Å². The molecular weight excluding hydrogens is 715 g/mol. The van der Waals surface area contributed by atoms with Crippen molar-refractivity contribution in [2.75, 3.05) is 18.9 Å². The van der Waals surface area contributed by atoms with Crippen LogP contribution in [0.3, 0.4) is 0 Å². The SMILES string of the molecule is [2H][C@]1(COP(=O)(O)OP(=O)(O)OC[C@H]2O[C@@H](N3C=CCC(C(N)=O)=C3)[C@H](O)[C@@H]2O)O[C@@H](n2cnc3c(N)ncnc32)[C@H](OP(=O)(O)O)[C@@H]1O. The molecule has 0 radical (unpaired) electrons. The van der Waals surface area contributed by atoms with Gasteiger partial charge in [-0.3, -0.25) is 22.9 Å². The maximum atomic E-state index is 12.6. The van der Waals surface area contributed by atoms with Gasteiger partial charge in [-0.1, -0.05) is 6.08 Å². The highest BCUT2D eigenvalue weighted by atomic mass is 31.3. The second kappa shape index (κ2) is 13.9. The minimum absolute atomic E-state index is 0.000785. The predicted octanol–water partition coefficient (Wildman–Crippen LogP) is -2.57. The number of nitrogen functional groups attached to an aromatic ring is 1. The molecule has 0 saturated carbocycles. The lowest BCUT2D eigenvalue weighted by molar-refractivity contribution is -0.115. The topological polar surface area (TPSA) is 364 Å². The Kier molecular flexibility index (Phi) is 10.2. The first-order chi connectivity index (χ1) is 22.7. The quantitative estimate of drug-likeness (QED) is 0.0951. The molecule has 2 aromatic rings. The largest absolute Gasteiger partial charge is 0.481 e. The number of fused-ring (bicyclic) bond motifs is 1. The highest BCUT2D eigenvalue weighted by Gasteiger charge is 2.51. The van der Waals surface area contributed by atoms with E-state index in [0.29, 0.717) is 0 Å². The van der Waals surface area contributed by atoms with Gasteiger partial charge in [0.05, 0.1) is 20.9 Å². The molecule has 10 atom stereocenters. The average Bonchev–Trinajstić information content (AvgIpc) is 3.64. The Morgan fingerprint density at radius 1 is 1.00 bits per heavy atom. The standard InChI is InChI=1S/C21H30N7O17P3/c22-17-12-19(25-7-24-17)28(8-26-12)21-16(44-46(33,34)35)14(30)11(43-21)6-41-48(38,39)45-47(36,37)40-5-10-13(29)15(31)20(42-10)27-3-1-2-9(4-27)18(23)32/h1,3-4,7-8,10-11,13-16,20-21,29-31H,2,5-6H2,(H2,23,32)(H,36,37)(H,38,39)(H2,22,24,25)(H2,33,34,35)/t10-,11-,13-,14-,15-,16-,20-,21-/m1/s1/i11D. The van der Waals surface area contributed by atoms with Gasteiger partial charge in [-0.25, -0.2) is 28.6 Å². The molecule has 5 heterocycles. The molecule has 0 bridgehead atoms. The van der Waals surface area contributed by atoms with E-state index in [-0.39, 0.29) is 29.0 Å². The van der Waals surface area contributed by atoms with Crippen molar-refractivity contribution in [3.63, 3.8) is 0 Å². The minimum Gasteiger partial charge on any atom is -0.387 e. The molecule has 1 amide bonds. The van der Waals surface area contributed by atoms with Crippen LogP contribution < -0.4 is 11.5 Å². The molecule has 11 N–H and O–H groups in total. The lowest BCUT2D eigenvalue weighted by atomic mass is 10.1. The summed E-state index contributed by atoms with van der Waals surface area (Å²) < 4.78 is 75.4. The van der Waals surface area contributed by atoms with Crippen LogP contribution in [0.5, 0.6) is 0 Å². The number of nitrogens with zero attached hydrogens (tertiary/aromatic N) is 5. The number of imidazole rings is 1. The van der Waals surface area contributed by atoms with Crippen LogP contribution in [-0.2, 0) is 45.8 Å². The zero-order valence-electron chi connectivity index (χ0n) is 25.0. The number of aliphatic hydroxyl groups excluding tert-OH is 3. The number of nitrogens with two attached hydrogens (primary N) is 2. The second-order valence-corrected chi connectivity index (χ2v) is 14.5. The number of allylic oxidation sites excluding steroid dienone is 1. The average molecular weight is 746 g/mol. The smallest absolute Gasteiger partial charge is 0.387 e. The van der Waals surface area contributed by atoms with Crippen LogP contribution in [0.2, 0.25) is 0 Å². The highest BCUT2D eigenvalue weighted by Crippen LogP contribution is 2.61. The molecule has 266 valence electrons. The van der Waals surface area contributed by atoms with E-state index in [1.807, 2.05) is 0 Å². The fourth-order valence-electron chi connectivity index (χ4n) is 4.79. The molecule has 2 unspecified atom stereocenters. The van der Waals surface area contributed by atoms with Gasteiger partial charge in [-0.2, -0.15) is 4.31 Å². The van der Waals surface area contributed by atoms with Gasteiger partial charge >= 0.3 is 23.5 Å². The fourth-order valence-corrected chi connectivity index (χ4v) is 7.38. The number of aliphatic hydroxyl groups is 3. The summed E-state index contributed by atoms with van der Waals surface area (Å²) in [7, 11) is -16.6. The molecule has 3 aliphatic heterocycles. The number of ether oxygens (including phenoxy) is 2. The first kappa shape index (κ1) is 35.1. The van der Waals surface area contributed by atoms with E-state index in [1.54, 1.807) is 0 Å². The number of carbonyl (C=O) groups is 1. The Morgan fingerprint density at radius 3 is 2.35 bits per heavy atom. The maximum absolute atomic E-state index is 12.6. The van der Waals surface area contributed by atoms with Crippen molar-refractivity contribution in [2.45, 2.75) is 55.5 Å². The molecule has 27 heteroatoms. The van der Waals surface area contributed by atoms with Crippen LogP contribution >= 0.6 is 23.5 Å². The maximum Gasteiger partial charge on any atom is 0.481 e. The van der Waals surface area contributed by atoms with E-state index >= 15 is 0 Å². The van der Waals surface area contributed by atoms with Crippen molar-refractivity contribution in [1.29, 1.82) is 0 Å². The van der Waals surface area contributed by atoms with E-state index < -0.39 is 91.6 Å². The van der Waals surface area contributed by atoms with Crippen molar-refractivity contribution in [2.24, 2.45) is 5.73 Å². The first-order valence-electron chi connectivity index (χ1n) is 13.9. The lowest BCUT2D eigenvalue weighted by Gasteiger charge is -2.28. The van der Waals surface area contributed by atoms with E-state index in [2.05, 4.69) is 32.8 Å². The van der Waals surface area contributed by atoms with Crippen molar-refractivity contribution in [3.05, 3.63) is 36.7 Å². The number of hydrogen-bond donors (Lipinski definition) is 9. The van der Waals surface area contributed by atoms with Crippen LogP contribution in [0, 0.1) is 0 Å². The fraction of sp³-hybridized carbons (Fsp3) is 0.524. The number of phosphoric acid groups is 3. The number of anilines is 1. The van der Waals surface area contributed by atoms with Gasteiger partial charge in [0, 0.05) is 18.0 Å². The van der Waals surface area contributed by atoms with Crippen molar-refractivity contribution in [3.8, 4) is 0 Å². The molecule has 24 nitrogen and oxygen atoms in total. The van der Waals surface area contributed by atoms with Gasteiger partial charge in [0.15, 0.2) is 23.9 Å². The number of carbonyl (C=O) groups excluding carboxylic acids is 1. The third-order valence-corrected chi connectivity index (χ3v) is 10.1. The van der Waals surface area contributed by atoms with Gasteiger partial charge in [0.25, 0.3) is 0 Å². The number of hydrogen-bond acceptors (Lipinski definition) is 18. The third kappa shape index (κ3) is 8.17. The summed E-state index contributed by atoms with van der Waals surface area (Å²) in [6, 6.07) is 0. The van der Waals surface area contributed by atoms with E-state index in [0.717, 1.165) is 17.2 Å². The minimum atomic E-state index is -5.68. The van der Waals surface area contributed by atoms with Crippen molar-refractivity contribution >= 4 is 46.4 Å². The molecule has 3 aliphatic rings. The van der Waals surface area contributed by atoms with Crippen LogP contribution in [0.15, 0.2) is 36.7 Å². The van der Waals surface area contributed by atoms with Crippen molar-refractivity contribution < 1.29 is 82.1 Å². The summed E-state index contributed by atoms with van der Waals surface area (Å²) in [4.78, 5) is 63.4. The van der Waals surface area contributed by atoms with Gasteiger partial charge in [0.2, 0.25) is 5.91 Å². The number of phosphoric ester groups is 3. The summed E-state index contributed by atoms with van der Waals surface area (Å²) in [5.41, 5.74) is 11.1. The van der Waals surface area contributed by atoms with Crippen molar-refractivity contribution in [1.82, 2.24) is 24.4 Å². The molecule has 48 heavy (non-hydrogen) atoms. The van der Waals surface area contributed by atoms with Gasteiger partial charge < -0.3 is 60.7 Å². The molecular formula is C21H30N7O17P3. The summed E-state index contributed by atoms with van der Waals surface area (Å²) in [5, 5.41) is 31.6. The van der Waals surface area contributed by atoms with Crippen LogP contribution in [-0.4, -0.2) is 121 Å². The summed E-state index contributed by atoms with van der Waals surface area (Å²) >= 11 is 0. The molecule has 0 spiro atoms. The summed E-state index contributed by atoms with van der Waals surface area (Å²) in [5.74, 6) is -0.854. The molecule has 2 fully saturated rings. The normalized spacial score (nSPS) is 33.7. The third-order valence-electron chi connectivity index (χ3n) is 6.96. The van der Waals surface area contributed by atoms with Gasteiger partial charge in [-0.15, -0.1) is 0 Å². The molecule has 2 aromatic heterocycles. The molecule has 0 aromatic carbocycles. The molecule has 5 rings (SSSR count). The number of amides is 1. The number of primary amides is 1. The Morgan fingerprint density at radius 2 is 1.69 bits per heavy atom.